The van der Waals surface area contributed by atoms with Crippen LogP contribution in [-0.4, -0.2) is 16.2 Å². The summed E-state index contributed by atoms with van der Waals surface area (Å²) >= 11 is 0. The van der Waals surface area contributed by atoms with Crippen LogP contribution in [0.4, 0.5) is 0 Å². The van der Waals surface area contributed by atoms with E-state index in [1.54, 1.807) is 24.8 Å². The van der Waals surface area contributed by atoms with Crippen molar-refractivity contribution < 1.29 is 4.74 Å². The van der Waals surface area contributed by atoms with Crippen molar-refractivity contribution in [3.05, 3.63) is 48.4 Å². The first-order valence-electron chi connectivity index (χ1n) is 4.65. The first kappa shape index (κ1) is 10.1. The Balaban J connectivity index is 2.19. The van der Waals surface area contributed by atoms with Crippen LogP contribution in [0.3, 0.4) is 0 Å². The summed E-state index contributed by atoms with van der Waals surface area (Å²) in [4.78, 5) is 7.91. The van der Waals surface area contributed by atoms with Gasteiger partial charge in [0.15, 0.2) is 0 Å². The summed E-state index contributed by atoms with van der Waals surface area (Å²) < 4.78 is 5.49. The fourth-order valence-corrected chi connectivity index (χ4v) is 1.20. The van der Waals surface area contributed by atoms with E-state index < -0.39 is 0 Å². The smallest absolute Gasteiger partial charge is 0.237 e. The molecule has 0 amide bonds. The molecule has 1 aromatic heterocycles. The summed E-state index contributed by atoms with van der Waals surface area (Å²) in [7, 11) is 0. The molecule has 0 unspecified atom stereocenters. The number of ether oxygens (including phenoxy) is 1. The van der Waals surface area contributed by atoms with E-state index in [4.69, 9.17) is 10.6 Å². The monoisotopic (exact) mass is 214 g/mol. The molecular weight excluding hydrogens is 204 g/mol. The SMILES string of the molecule is NN=Cc1cccc(Oc2cnccn2)c1. The van der Waals surface area contributed by atoms with Gasteiger partial charge in [-0.05, 0) is 17.7 Å². The second-order valence-corrected chi connectivity index (χ2v) is 3.00. The lowest BCUT2D eigenvalue weighted by Gasteiger charge is -2.03. The normalized spacial score (nSPS) is 10.5. The number of hydrazone groups is 1. The number of benzene rings is 1. The van der Waals surface area contributed by atoms with Crippen molar-refractivity contribution in [2.75, 3.05) is 0 Å². The number of nitrogens with zero attached hydrogens (tertiary/aromatic N) is 3. The van der Waals surface area contributed by atoms with Crippen molar-refractivity contribution in [3.8, 4) is 11.6 Å². The molecule has 0 saturated carbocycles. The average molecular weight is 214 g/mol. The summed E-state index contributed by atoms with van der Waals surface area (Å²) in [5, 5.41) is 3.45. The van der Waals surface area contributed by atoms with Crippen molar-refractivity contribution in [2.45, 2.75) is 0 Å². The van der Waals surface area contributed by atoms with Crippen LogP contribution < -0.4 is 10.6 Å². The Morgan fingerprint density at radius 1 is 1.31 bits per heavy atom. The number of rotatable bonds is 3. The summed E-state index contributed by atoms with van der Waals surface area (Å²) in [6.45, 7) is 0. The van der Waals surface area contributed by atoms with Crippen LogP contribution in [0.1, 0.15) is 5.56 Å². The molecule has 0 aliphatic carbocycles. The van der Waals surface area contributed by atoms with E-state index in [9.17, 15) is 0 Å². The van der Waals surface area contributed by atoms with Gasteiger partial charge in [-0.25, -0.2) is 4.98 Å². The van der Waals surface area contributed by atoms with E-state index in [2.05, 4.69) is 15.1 Å². The Morgan fingerprint density at radius 2 is 2.25 bits per heavy atom. The van der Waals surface area contributed by atoms with E-state index in [1.807, 2.05) is 24.3 Å². The largest absolute Gasteiger partial charge is 0.437 e. The molecule has 0 fully saturated rings. The fourth-order valence-electron chi connectivity index (χ4n) is 1.20. The lowest BCUT2D eigenvalue weighted by Crippen LogP contribution is -1.90. The van der Waals surface area contributed by atoms with Crippen LogP contribution >= 0.6 is 0 Å². The van der Waals surface area contributed by atoms with Gasteiger partial charge < -0.3 is 10.6 Å². The van der Waals surface area contributed by atoms with Crippen molar-refractivity contribution in [1.82, 2.24) is 9.97 Å². The van der Waals surface area contributed by atoms with E-state index >= 15 is 0 Å². The Morgan fingerprint density at radius 3 is 3.00 bits per heavy atom. The molecule has 2 N–H and O–H groups in total. The predicted molar refractivity (Wildman–Crippen MR) is 60.3 cm³/mol. The van der Waals surface area contributed by atoms with Crippen molar-refractivity contribution >= 4 is 6.21 Å². The van der Waals surface area contributed by atoms with Crippen LogP contribution in [0.15, 0.2) is 48.0 Å². The van der Waals surface area contributed by atoms with Gasteiger partial charge in [-0.2, -0.15) is 5.10 Å². The third kappa shape index (κ3) is 2.54. The second kappa shape index (κ2) is 4.88. The van der Waals surface area contributed by atoms with Gasteiger partial charge in [-0.1, -0.05) is 12.1 Å². The molecule has 0 atom stereocenters. The topological polar surface area (TPSA) is 73.4 Å². The number of hydrogen-bond acceptors (Lipinski definition) is 5. The highest BCUT2D eigenvalue weighted by Crippen LogP contribution is 2.18. The van der Waals surface area contributed by atoms with Gasteiger partial charge in [0, 0.05) is 12.4 Å². The van der Waals surface area contributed by atoms with Gasteiger partial charge in [-0.15, -0.1) is 0 Å². The Kier molecular flexibility index (Phi) is 3.08. The Bertz CT molecular complexity index is 484. The summed E-state index contributed by atoms with van der Waals surface area (Å²) in [5.41, 5.74) is 0.865. The lowest BCUT2D eigenvalue weighted by atomic mass is 10.2. The number of nitrogens with two attached hydrogens (primary N) is 1. The van der Waals surface area contributed by atoms with Gasteiger partial charge in [-0.3, -0.25) is 4.98 Å². The molecule has 0 aliphatic heterocycles. The molecule has 5 heteroatoms. The van der Waals surface area contributed by atoms with Crippen LogP contribution in [0.2, 0.25) is 0 Å². The van der Waals surface area contributed by atoms with E-state index in [0.717, 1.165) is 5.56 Å². The molecule has 2 rings (SSSR count). The maximum absolute atomic E-state index is 5.49. The molecule has 80 valence electrons. The highest BCUT2D eigenvalue weighted by Gasteiger charge is 1.98. The van der Waals surface area contributed by atoms with Gasteiger partial charge >= 0.3 is 0 Å². The second-order valence-electron chi connectivity index (χ2n) is 3.00. The Hall–Kier alpha value is -2.43. The standard InChI is InChI=1S/C11H10N4O/c12-15-7-9-2-1-3-10(6-9)16-11-8-13-4-5-14-11/h1-8H,12H2. The predicted octanol–water partition coefficient (Wildman–Crippen LogP) is 1.56. The molecule has 5 nitrogen and oxygen atoms in total. The maximum Gasteiger partial charge on any atom is 0.237 e. The molecular formula is C11H10N4O. The van der Waals surface area contributed by atoms with Crippen LogP contribution in [-0.2, 0) is 0 Å². The minimum atomic E-state index is 0.448. The van der Waals surface area contributed by atoms with Crippen molar-refractivity contribution in [3.63, 3.8) is 0 Å². The third-order valence-corrected chi connectivity index (χ3v) is 1.84. The minimum absolute atomic E-state index is 0.448. The van der Waals surface area contributed by atoms with E-state index in [0.29, 0.717) is 11.6 Å². The highest BCUT2D eigenvalue weighted by atomic mass is 16.5. The summed E-state index contributed by atoms with van der Waals surface area (Å²) in [6.07, 6.45) is 6.25. The summed E-state index contributed by atoms with van der Waals surface area (Å²) in [6, 6.07) is 7.36. The van der Waals surface area contributed by atoms with Gasteiger partial charge in [0.2, 0.25) is 5.88 Å². The molecule has 2 aromatic rings. The molecule has 1 aromatic carbocycles. The Labute approximate surface area is 92.6 Å². The quantitative estimate of drug-likeness (QED) is 0.478. The zero-order chi connectivity index (χ0) is 11.2. The maximum atomic E-state index is 5.49. The average Bonchev–Trinajstić information content (AvgIpc) is 2.31. The molecule has 16 heavy (non-hydrogen) atoms. The number of aromatic nitrogens is 2. The zero-order valence-corrected chi connectivity index (χ0v) is 8.45. The van der Waals surface area contributed by atoms with E-state index in [1.165, 1.54) is 0 Å². The molecule has 0 aliphatic rings. The fraction of sp³-hybridized carbons (Fsp3) is 0. The van der Waals surface area contributed by atoms with Gasteiger partial charge in [0.05, 0.1) is 12.4 Å². The molecule has 1 heterocycles. The van der Waals surface area contributed by atoms with Crippen molar-refractivity contribution in [2.24, 2.45) is 10.9 Å². The molecule has 0 radical (unpaired) electrons. The van der Waals surface area contributed by atoms with Crippen molar-refractivity contribution in [1.29, 1.82) is 0 Å². The highest BCUT2D eigenvalue weighted by molar-refractivity contribution is 5.79. The molecule has 0 bridgehead atoms. The lowest BCUT2D eigenvalue weighted by molar-refractivity contribution is 0.460. The first-order valence-corrected chi connectivity index (χ1v) is 4.65. The summed E-state index contributed by atoms with van der Waals surface area (Å²) in [5.74, 6) is 6.18. The van der Waals surface area contributed by atoms with Gasteiger partial charge in [0.25, 0.3) is 0 Å². The molecule has 0 saturated heterocycles. The van der Waals surface area contributed by atoms with E-state index in [-0.39, 0.29) is 0 Å². The zero-order valence-electron chi connectivity index (χ0n) is 8.45. The molecule has 0 spiro atoms. The first-order chi connectivity index (χ1) is 7.88. The van der Waals surface area contributed by atoms with Gasteiger partial charge in [0.1, 0.15) is 5.75 Å². The third-order valence-electron chi connectivity index (χ3n) is 1.84. The number of hydrogen-bond donors (Lipinski definition) is 1. The van der Waals surface area contributed by atoms with Crippen LogP contribution in [0.5, 0.6) is 11.6 Å². The van der Waals surface area contributed by atoms with Crippen LogP contribution in [0, 0.1) is 0 Å². The minimum Gasteiger partial charge on any atom is -0.437 e. The van der Waals surface area contributed by atoms with Crippen LogP contribution in [0.25, 0.3) is 0 Å².